The molecule has 0 radical (unpaired) electrons. The number of carbonyl (C=O) groups is 1. The number of amides is 1. The minimum absolute atomic E-state index is 0.0786. The molecule has 0 aromatic heterocycles. The molecule has 1 aromatic rings. The first-order valence-corrected chi connectivity index (χ1v) is 5.54. The Balaban J connectivity index is 2.57. The van der Waals surface area contributed by atoms with Crippen molar-refractivity contribution in [1.82, 2.24) is 5.32 Å². The lowest BCUT2D eigenvalue weighted by atomic mass is 10.0. The number of hydrogen-bond acceptors (Lipinski definition) is 6. The molecule has 0 saturated carbocycles. The van der Waals surface area contributed by atoms with Crippen molar-refractivity contribution >= 4 is 11.9 Å². The third kappa shape index (κ3) is 2.26. The fourth-order valence-electron chi connectivity index (χ4n) is 1.92. The van der Waals surface area contributed by atoms with E-state index in [-0.39, 0.29) is 11.9 Å². The van der Waals surface area contributed by atoms with Crippen LogP contribution in [0.4, 0.5) is 0 Å². The summed E-state index contributed by atoms with van der Waals surface area (Å²) in [5.41, 5.74) is 6.02. The summed E-state index contributed by atoms with van der Waals surface area (Å²) in [6.07, 6.45) is 0. The van der Waals surface area contributed by atoms with Gasteiger partial charge in [0.1, 0.15) is 17.2 Å². The van der Waals surface area contributed by atoms with Crippen LogP contribution in [-0.4, -0.2) is 33.2 Å². The van der Waals surface area contributed by atoms with Gasteiger partial charge in [0.25, 0.3) is 5.91 Å². The van der Waals surface area contributed by atoms with Gasteiger partial charge in [0.15, 0.2) is 12.0 Å². The van der Waals surface area contributed by atoms with E-state index in [2.05, 4.69) is 10.3 Å². The first-order valence-electron chi connectivity index (χ1n) is 5.54. The van der Waals surface area contributed by atoms with Crippen molar-refractivity contribution in [3.05, 3.63) is 17.7 Å². The second-order valence-corrected chi connectivity index (χ2v) is 3.85. The number of rotatable bonds is 4. The van der Waals surface area contributed by atoms with Gasteiger partial charge in [-0.1, -0.05) is 0 Å². The van der Waals surface area contributed by atoms with Gasteiger partial charge in [-0.05, 0) is 0 Å². The summed E-state index contributed by atoms with van der Waals surface area (Å²) in [5, 5.41) is 2.44. The van der Waals surface area contributed by atoms with Gasteiger partial charge >= 0.3 is 0 Å². The van der Waals surface area contributed by atoms with Crippen LogP contribution in [0.2, 0.25) is 0 Å². The molecule has 3 N–H and O–H groups in total. The van der Waals surface area contributed by atoms with Crippen LogP contribution < -0.4 is 25.3 Å². The summed E-state index contributed by atoms with van der Waals surface area (Å²) in [6, 6.07) is 2.54. The van der Waals surface area contributed by atoms with Crippen LogP contribution in [0.5, 0.6) is 17.2 Å². The fourth-order valence-corrected chi connectivity index (χ4v) is 1.92. The summed E-state index contributed by atoms with van der Waals surface area (Å²) in [6.45, 7) is 0. The van der Waals surface area contributed by atoms with E-state index in [4.69, 9.17) is 19.9 Å². The van der Waals surface area contributed by atoms with Gasteiger partial charge in [-0.15, -0.1) is 0 Å². The Bertz CT molecular complexity index is 517. The van der Waals surface area contributed by atoms with Crippen molar-refractivity contribution < 1.29 is 19.0 Å². The number of ether oxygens (including phenoxy) is 3. The molecule has 1 aromatic carbocycles. The Kier molecular flexibility index (Phi) is 3.46. The van der Waals surface area contributed by atoms with Gasteiger partial charge in [-0.25, -0.2) is 4.99 Å². The summed E-state index contributed by atoms with van der Waals surface area (Å²) in [5.74, 6) is 1.23. The molecule has 102 valence electrons. The Morgan fingerprint density at radius 3 is 2.11 bits per heavy atom. The first-order chi connectivity index (χ1) is 9.10. The molecule has 1 amide bonds. The van der Waals surface area contributed by atoms with Gasteiger partial charge < -0.3 is 19.9 Å². The van der Waals surface area contributed by atoms with Crippen molar-refractivity contribution in [3.63, 3.8) is 0 Å². The lowest BCUT2D eigenvalue weighted by molar-refractivity contribution is -0.120. The maximum Gasteiger partial charge on any atom is 0.256 e. The fraction of sp³-hybridized carbons (Fsp3) is 0.333. The average molecular weight is 265 g/mol. The number of hydrogen-bond donors (Lipinski definition) is 2. The monoisotopic (exact) mass is 265 g/mol. The van der Waals surface area contributed by atoms with Crippen molar-refractivity contribution in [2.45, 2.75) is 6.04 Å². The van der Waals surface area contributed by atoms with Gasteiger partial charge in [0.05, 0.1) is 26.9 Å². The summed E-state index contributed by atoms with van der Waals surface area (Å²) in [7, 11) is 4.53. The van der Waals surface area contributed by atoms with E-state index in [1.54, 1.807) is 12.1 Å². The second kappa shape index (κ2) is 5.05. The number of nitrogens with two attached hydrogens (primary N) is 1. The third-order valence-corrected chi connectivity index (χ3v) is 2.79. The summed E-state index contributed by atoms with van der Waals surface area (Å²) < 4.78 is 15.7. The molecule has 1 aliphatic heterocycles. The molecule has 1 heterocycles. The standard InChI is InChI=1S/C12H15N3O4/c1-17-6-4-7(18-2)9(8(5-6)19-3)10-11(16)15-12(13)14-10/h4-5,10H,1-3H3,(H3,13,14,15,16). The smallest absolute Gasteiger partial charge is 0.256 e. The zero-order chi connectivity index (χ0) is 14.0. The van der Waals surface area contributed by atoms with E-state index in [0.717, 1.165) is 0 Å². The molecule has 1 atom stereocenters. The Morgan fingerprint density at radius 1 is 1.16 bits per heavy atom. The van der Waals surface area contributed by atoms with E-state index in [0.29, 0.717) is 22.8 Å². The molecular formula is C12H15N3O4. The van der Waals surface area contributed by atoms with Crippen LogP contribution in [-0.2, 0) is 4.79 Å². The van der Waals surface area contributed by atoms with E-state index < -0.39 is 6.04 Å². The third-order valence-electron chi connectivity index (χ3n) is 2.79. The number of carbonyl (C=O) groups excluding carboxylic acids is 1. The van der Waals surface area contributed by atoms with Crippen molar-refractivity contribution in [2.75, 3.05) is 21.3 Å². The predicted octanol–water partition coefficient (Wildman–Crippen LogP) is 0.198. The van der Waals surface area contributed by atoms with Crippen LogP contribution in [0.25, 0.3) is 0 Å². The number of guanidine groups is 1. The average Bonchev–Trinajstić information content (AvgIpc) is 2.75. The van der Waals surface area contributed by atoms with Crippen LogP contribution in [0, 0.1) is 0 Å². The van der Waals surface area contributed by atoms with Crippen LogP contribution in [0.1, 0.15) is 11.6 Å². The molecule has 0 fully saturated rings. The van der Waals surface area contributed by atoms with Crippen molar-refractivity contribution in [3.8, 4) is 17.2 Å². The number of aliphatic imine (C=N–C) groups is 1. The highest BCUT2D eigenvalue weighted by Crippen LogP contribution is 2.40. The highest BCUT2D eigenvalue weighted by molar-refractivity contribution is 6.05. The molecule has 1 unspecified atom stereocenters. The molecule has 19 heavy (non-hydrogen) atoms. The number of nitrogens with one attached hydrogen (secondary N) is 1. The maximum atomic E-state index is 11.8. The minimum atomic E-state index is -0.782. The van der Waals surface area contributed by atoms with Crippen LogP contribution in [0.3, 0.4) is 0 Å². The Hall–Kier alpha value is -2.44. The molecule has 0 spiro atoms. The van der Waals surface area contributed by atoms with Gasteiger partial charge in [-0.2, -0.15) is 0 Å². The van der Waals surface area contributed by atoms with Gasteiger partial charge in [0.2, 0.25) is 0 Å². The largest absolute Gasteiger partial charge is 0.496 e. The van der Waals surface area contributed by atoms with Crippen molar-refractivity contribution in [1.29, 1.82) is 0 Å². The highest BCUT2D eigenvalue weighted by Gasteiger charge is 2.32. The zero-order valence-corrected chi connectivity index (χ0v) is 10.9. The summed E-state index contributed by atoms with van der Waals surface area (Å²) in [4.78, 5) is 15.9. The normalized spacial score (nSPS) is 17.7. The molecule has 7 heteroatoms. The second-order valence-electron chi connectivity index (χ2n) is 3.85. The van der Waals surface area contributed by atoms with E-state index >= 15 is 0 Å². The van der Waals surface area contributed by atoms with E-state index in [9.17, 15) is 4.79 Å². The predicted molar refractivity (Wildman–Crippen MR) is 68.6 cm³/mol. The maximum absolute atomic E-state index is 11.8. The molecule has 7 nitrogen and oxygen atoms in total. The van der Waals surface area contributed by atoms with Gasteiger partial charge in [0, 0.05) is 12.1 Å². The summed E-state index contributed by atoms with van der Waals surface area (Å²) >= 11 is 0. The zero-order valence-electron chi connectivity index (χ0n) is 10.9. The van der Waals surface area contributed by atoms with Crippen LogP contribution >= 0.6 is 0 Å². The minimum Gasteiger partial charge on any atom is -0.496 e. The molecule has 1 aliphatic rings. The lowest BCUT2D eigenvalue weighted by Gasteiger charge is -2.16. The number of methoxy groups -OCH3 is 3. The molecular weight excluding hydrogens is 250 g/mol. The molecule has 0 bridgehead atoms. The first kappa shape index (κ1) is 13.0. The molecule has 2 rings (SSSR count). The topological polar surface area (TPSA) is 95.2 Å². The molecule has 0 aliphatic carbocycles. The Morgan fingerprint density at radius 2 is 1.74 bits per heavy atom. The molecule has 0 saturated heterocycles. The lowest BCUT2D eigenvalue weighted by Crippen LogP contribution is -2.31. The van der Waals surface area contributed by atoms with E-state index in [1.807, 2.05) is 0 Å². The highest BCUT2D eigenvalue weighted by atomic mass is 16.5. The quantitative estimate of drug-likeness (QED) is 0.810. The van der Waals surface area contributed by atoms with Gasteiger partial charge in [-0.3, -0.25) is 10.1 Å². The van der Waals surface area contributed by atoms with Crippen LogP contribution in [0.15, 0.2) is 17.1 Å². The number of benzene rings is 1. The van der Waals surface area contributed by atoms with E-state index in [1.165, 1.54) is 21.3 Å². The number of nitrogens with zero attached hydrogens (tertiary/aromatic N) is 1. The SMILES string of the molecule is COc1cc(OC)c(C2N=C(N)NC2=O)c(OC)c1. The van der Waals surface area contributed by atoms with Crippen molar-refractivity contribution in [2.24, 2.45) is 10.7 Å². The Labute approximate surface area is 110 Å².